The first-order valence-corrected chi connectivity index (χ1v) is 5.40. The summed E-state index contributed by atoms with van der Waals surface area (Å²) in [5.74, 6) is -1.18. The van der Waals surface area contributed by atoms with Crippen LogP contribution in [-0.4, -0.2) is 37.7 Å². The lowest BCUT2D eigenvalue weighted by Gasteiger charge is -2.27. The average molecular weight is 240 g/mol. The highest BCUT2D eigenvalue weighted by atomic mass is 16.4. The minimum Gasteiger partial charge on any atom is -0.480 e. The van der Waals surface area contributed by atoms with Crippen molar-refractivity contribution in [2.24, 2.45) is 0 Å². The van der Waals surface area contributed by atoms with Gasteiger partial charge in [0.25, 0.3) is 5.91 Å². The fourth-order valence-corrected chi connectivity index (χ4v) is 1.50. The molecule has 0 aromatic carbocycles. The standard InChI is InChI=1S/C10H16N4O3/c1-4-10(5-2,9(16)17)12-8(15)7-11-6(3)13-14-7/h4-5H2,1-3H3,(H,12,15)(H,16,17)(H,11,13,14). The molecule has 0 saturated heterocycles. The van der Waals surface area contributed by atoms with Gasteiger partial charge in [0.2, 0.25) is 5.82 Å². The third-order valence-corrected chi connectivity index (χ3v) is 2.77. The summed E-state index contributed by atoms with van der Waals surface area (Å²) in [6.45, 7) is 5.08. The van der Waals surface area contributed by atoms with E-state index in [2.05, 4.69) is 20.5 Å². The van der Waals surface area contributed by atoms with Crippen molar-refractivity contribution in [3.63, 3.8) is 0 Å². The molecule has 17 heavy (non-hydrogen) atoms. The number of hydrogen-bond donors (Lipinski definition) is 3. The summed E-state index contributed by atoms with van der Waals surface area (Å²) in [6, 6.07) is 0. The molecular weight excluding hydrogens is 224 g/mol. The van der Waals surface area contributed by atoms with Crippen LogP contribution in [0.5, 0.6) is 0 Å². The number of nitrogens with zero attached hydrogens (tertiary/aromatic N) is 2. The Kier molecular flexibility index (Phi) is 3.82. The first-order valence-electron chi connectivity index (χ1n) is 5.40. The van der Waals surface area contributed by atoms with E-state index in [1.807, 2.05) is 0 Å². The van der Waals surface area contributed by atoms with Gasteiger partial charge in [-0.3, -0.25) is 9.89 Å². The van der Waals surface area contributed by atoms with Crippen molar-refractivity contribution in [2.75, 3.05) is 0 Å². The normalized spacial score (nSPS) is 11.2. The Morgan fingerprint density at radius 3 is 2.35 bits per heavy atom. The van der Waals surface area contributed by atoms with Crippen molar-refractivity contribution in [2.45, 2.75) is 39.2 Å². The molecule has 0 bridgehead atoms. The zero-order chi connectivity index (χ0) is 13.1. The van der Waals surface area contributed by atoms with Crippen molar-refractivity contribution in [3.05, 3.63) is 11.6 Å². The molecular formula is C10H16N4O3. The number of aromatic nitrogens is 3. The molecule has 0 aliphatic heterocycles. The first kappa shape index (κ1) is 13.1. The maximum absolute atomic E-state index is 11.8. The summed E-state index contributed by atoms with van der Waals surface area (Å²) in [5.41, 5.74) is -1.26. The van der Waals surface area contributed by atoms with E-state index in [1.54, 1.807) is 20.8 Å². The van der Waals surface area contributed by atoms with Gasteiger partial charge in [-0.15, -0.1) is 5.10 Å². The predicted octanol–water partition coefficient (Wildman–Crippen LogP) is 0.486. The Balaban J connectivity index is 2.88. The molecule has 1 aromatic heterocycles. The van der Waals surface area contributed by atoms with Gasteiger partial charge < -0.3 is 10.4 Å². The number of carbonyl (C=O) groups excluding carboxylic acids is 1. The second-order valence-corrected chi connectivity index (χ2v) is 3.79. The second kappa shape index (κ2) is 4.94. The van der Waals surface area contributed by atoms with E-state index in [1.165, 1.54) is 0 Å². The van der Waals surface area contributed by atoms with E-state index in [-0.39, 0.29) is 5.82 Å². The maximum Gasteiger partial charge on any atom is 0.329 e. The zero-order valence-corrected chi connectivity index (χ0v) is 10.1. The number of amides is 1. The molecule has 0 saturated carbocycles. The van der Waals surface area contributed by atoms with E-state index in [4.69, 9.17) is 5.11 Å². The van der Waals surface area contributed by atoms with Gasteiger partial charge in [0, 0.05) is 0 Å². The van der Waals surface area contributed by atoms with E-state index >= 15 is 0 Å². The van der Waals surface area contributed by atoms with E-state index in [0.29, 0.717) is 18.7 Å². The quantitative estimate of drug-likeness (QED) is 0.694. The molecule has 7 heteroatoms. The molecule has 0 aliphatic rings. The van der Waals surface area contributed by atoms with Crippen molar-refractivity contribution in [1.82, 2.24) is 20.5 Å². The Hall–Kier alpha value is -1.92. The molecule has 0 atom stereocenters. The smallest absolute Gasteiger partial charge is 0.329 e. The van der Waals surface area contributed by atoms with Crippen LogP contribution in [0.2, 0.25) is 0 Å². The number of hydrogen-bond acceptors (Lipinski definition) is 4. The lowest BCUT2D eigenvalue weighted by atomic mass is 9.93. The lowest BCUT2D eigenvalue weighted by molar-refractivity contribution is -0.144. The van der Waals surface area contributed by atoms with Gasteiger partial charge in [-0.25, -0.2) is 9.78 Å². The SMILES string of the molecule is CCC(CC)(NC(=O)c1n[nH]c(C)n1)C(=O)O. The number of carbonyl (C=O) groups is 2. The van der Waals surface area contributed by atoms with Crippen LogP contribution in [0.4, 0.5) is 0 Å². The van der Waals surface area contributed by atoms with E-state index in [9.17, 15) is 9.59 Å². The monoisotopic (exact) mass is 240 g/mol. The van der Waals surface area contributed by atoms with Crippen LogP contribution in [0.1, 0.15) is 43.1 Å². The van der Waals surface area contributed by atoms with Crippen molar-refractivity contribution >= 4 is 11.9 Å². The van der Waals surface area contributed by atoms with Crippen molar-refractivity contribution in [1.29, 1.82) is 0 Å². The van der Waals surface area contributed by atoms with Crippen LogP contribution >= 0.6 is 0 Å². The van der Waals surface area contributed by atoms with Crippen molar-refractivity contribution in [3.8, 4) is 0 Å². The highest BCUT2D eigenvalue weighted by Crippen LogP contribution is 2.15. The lowest BCUT2D eigenvalue weighted by Crippen LogP contribution is -2.53. The summed E-state index contributed by atoms with van der Waals surface area (Å²) in [7, 11) is 0. The van der Waals surface area contributed by atoms with Crippen LogP contribution in [0, 0.1) is 6.92 Å². The Morgan fingerprint density at radius 2 is 2.00 bits per heavy atom. The summed E-state index contributed by atoms with van der Waals surface area (Å²) in [6.07, 6.45) is 0.599. The molecule has 1 amide bonds. The molecule has 0 aliphatic carbocycles. The van der Waals surface area contributed by atoms with E-state index < -0.39 is 17.4 Å². The van der Waals surface area contributed by atoms with Gasteiger partial charge in [-0.1, -0.05) is 13.8 Å². The summed E-state index contributed by atoms with van der Waals surface area (Å²) >= 11 is 0. The van der Waals surface area contributed by atoms with Crippen LogP contribution in [0.3, 0.4) is 0 Å². The average Bonchev–Trinajstić information content (AvgIpc) is 2.72. The molecule has 0 radical (unpaired) electrons. The maximum atomic E-state index is 11.8. The van der Waals surface area contributed by atoms with Crippen LogP contribution in [-0.2, 0) is 4.79 Å². The third kappa shape index (κ3) is 2.61. The second-order valence-electron chi connectivity index (χ2n) is 3.79. The number of carboxylic acid groups (broad SMARTS) is 1. The number of rotatable bonds is 5. The number of aromatic amines is 1. The molecule has 0 fully saturated rings. The van der Waals surface area contributed by atoms with Crippen LogP contribution < -0.4 is 5.32 Å². The minimum atomic E-state index is -1.26. The number of aliphatic carboxylic acids is 1. The van der Waals surface area contributed by atoms with Gasteiger partial charge in [0.15, 0.2) is 0 Å². The largest absolute Gasteiger partial charge is 0.480 e. The van der Waals surface area contributed by atoms with E-state index in [0.717, 1.165) is 0 Å². The van der Waals surface area contributed by atoms with Gasteiger partial charge in [-0.2, -0.15) is 0 Å². The first-order chi connectivity index (χ1) is 7.95. The van der Waals surface area contributed by atoms with Gasteiger partial charge in [0.1, 0.15) is 11.4 Å². The summed E-state index contributed by atoms with van der Waals surface area (Å²) < 4.78 is 0. The molecule has 1 rings (SSSR count). The summed E-state index contributed by atoms with van der Waals surface area (Å²) in [4.78, 5) is 26.8. The molecule has 1 heterocycles. The fraction of sp³-hybridized carbons (Fsp3) is 0.600. The molecule has 94 valence electrons. The third-order valence-electron chi connectivity index (χ3n) is 2.77. The molecule has 0 spiro atoms. The number of carboxylic acids is 1. The Morgan fingerprint density at radius 1 is 1.41 bits per heavy atom. The Labute approximate surface area is 98.6 Å². The highest BCUT2D eigenvalue weighted by Gasteiger charge is 2.37. The zero-order valence-electron chi connectivity index (χ0n) is 10.1. The minimum absolute atomic E-state index is 0.0463. The van der Waals surface area contributed by atoms with Crippen LogP contribution in [0.25, 0.3) is 0 Å². The molecule has 0 unspecified atom stereocenters. The molecule has 3 N–H and O–H groups in total. The topological polar surface area (TPSA) is 108 Å². The Bertz CT molecular complexity index is 423. The van der Waals surface area contributed by atoms with Gasteiger partial charge in [0.05, 0.1) is 0 Å². The molecule has 7 nitrogen and oxygen atoms in total. The van der Waals surface area contributed by atoms with Gasteiger partial charge >= 0.3 is 5.97 Å². The summed E-state index contributed by atoms with van der Waals surface area (Å²) in [5, 5.41) is 17.9. The van der Waals surface area contributed by atoms with Crippen LogP contribution in [0.15, 0.2) is 0 Å². The predicted molar refractivity (Wildman–Crippen MR) is 59.5 cm³/mol. The highest BCUT2D eigenvalue weighted by molar-refractivity contribution is 5.95. The van der Waals surface area contributed by atoms with Crippen molar-refractivity contribution < 1.29 is 14.7 Å². The fourth-order valence-electron chi connectivity index (χ4n) is 1.50. The van der Waals surface area contributed by atoms with Gasteiger partial charge in [-0.05, 0) is 19.8 Å². The molecule has 1 aromatic rings. The number of H-pyrrole nitrogens is 1. The number of aryl methyl sites for hydroxylation is 1. The number of nitrogens with one attached hydrogen (secondary N) is 2.